The number of anilines is 1. The van der Waals surface area contributed by atoms with Crippen LogP contribution in [-0.4, -0.2) is 17.4 Å². The minimum absolute atomic E-state index is 0.0466. The standard InChI is InChI=1S/C20H22N2O2/c1-3-20(4-2)19(24)22(14-15-10-6-5-7-11-15)17-13-9-8-12-16(17)18(23)21-20/h5-13H,3-4,14H2,1-2H3,(H,21,23). The van der Waals surface area contributed by atoms with Gasteiger partial charge in [0, 0.05) is 0 Å². The van der Waals surface area contributed by atoms with Gasteiger partial charge in [-0.2, -0.15) is 0 Å². The first-order valence-corrected chi connectivity index (χ1v) is 8.38. The Hall–Kier alpha value is -2.62. The summed E-state index contributed by atoms with van der Waals surface area (Å²) in [6.45, 7) is 4.34. The summed E-state index contributed by atoms with van der Waals surface area (Å²) in [4.78, 5) is 27.8. The lowest BCUT2D eigenvalue weighted by Crippen LogP contribution is -2.57. The van der Waals surface area contributed by atoms with Crippen LogP contribution in [-0.2, 0) is 11.3 Å². The van der Waals surface area contributed by atoms with E-state index in [1.165, 1.54) is 0 Å². The van der Waals surface area contributed by atoms with Crippen molar-refractivity contribution in [2.75, 3.05) is 4.90 Å². The minimum atomic E-state index is -0.856. The Morgan fingerprint density at radius 3 is 2.21 bits per heavy atom. The maximum Gasteiger partial charge on any atom is 0.254 e. The van der Waals surface area contributed by atoms with Gasteiger partial charge in [0.25, 0.3) is 11.8 Å². The Labute approximate surface area is 142 Å². The summed E-state index contributed by atoms with van der Waals surface area (Å²) < 4.78 is 0. The number of hydrogen-bond donors (Lipinski definition) is 1. The lowest BCUT2D eigenvalue weighted by atomic mass is 9.91. The summed E-state index contributed by atoms with van der Waals surface area (Å²) in [5.41, 5.74) is 1.40. The zero-order valence-corrected chi connectivity index (χ0v) is 14.1. The van der Waals surface area contributed by atoms with Crippen LogP contribution in [0, 0.1) is 0 Å². The van der Waals surface area contributed by atoms with Gasteiger partial charge in [-0.05, 0) is 30.5 Å². The molecule has 4 nitrogen and oxygen atoms in total. The van der Waals surface area contributed by atoms with E-state index >= 15 is 0 Å². The molecule has 0 aromatic heterocycles. The molecule has 0 spiro atoms. The fraction of sp³-hybridized carbons (Fsp3) is 0.300. The minimum Gasteiger partial charge on any atom is -0.338 e. The maximum absolute atomic E-state index is 13.4. The van der Waals surface area contributed by atoms with Crippen molar-refractivity contribution >= 4 is 17.5 Å². The van der Waals surface area contributed by atoms with Gasteiger partial charge in [0.2, 0.25) is 0 Å². The molecule has 4 heteroatoms. The van der Waals surface area contributed by atoms with Crippen LogP contribution in [0.2, 0.25) is 0 Å². The molecule has 1 N–H and O–H groups in total. The number of carbonyl (C=O) groups is 2. The van der Waals surface area contributed by atoms with E-state index < -0.39 is 5.54 Å². The molecule has 0 atom stereocenters. The number of para-hydroxylation sites is 1. The molecule has 2 amide bonds. The molecule has 0 saturated carbocycles. The van der Waals surface area contributed by atoms with E-state index in [0.29, 0.717) is 30.6 Å². The summed E-state index contributed by atoms with van der Waals surface area (Å²) in [6, 6.07) is 17.2. The molecular weight excluding hydrogens is 300 g/mol. The average molecular weight is 322 g/mol. The Kier molecular flexibility index (Phi) is 4.38. The second-order valence-corrected chi connectivity index (χ2v) is 6.14. The molecule has 0 saturated heterocycles. The van der Waals surface area contributed by atoms with E-state index in [0.717, 1.165) is 5.56 Å². The largest absolute Gasteiger partial charge is 0.338 e. The third-order valence-electron chi connectivity index (χ3n) is 4.84. The average Bonchev–Trinajstić information content (AvgIpc) is 2.72. The molecule has 0 fully saturated rings. The second-order valence-electron chi connectivity index (χ2n) is 6.14. The zero-order chi connectivity index (χ0) is 17.2. The van der Waals surface area contributed by atoms with Gasteiger partial charge in [0.15, 0.2) is 0 Å². The molecule has 1 aliphatic rings. The summed E-state index contributed by atoms with van der Waals surface area (Å²) in [7, 11) is 0. The molecule has 0 bridgehead atoms. The monoisotopic (exact) mass is 322 g/mol. The SMILES string of the molecule is CCC1(CC)NC(=O)c2ccccc2N(Cc2ccccc2)C1=O. The van der Waals surface area contributed by atoms with Gasteiger partial charge in [0.1, 0.15) is 5.54 Å². The fourth-order valence-corrected chi connectivity index (χ4v) is 3.26. The number of nitrogens with one attached hydrogen (secondary N) is 1. The van der Waals surface area contributed by atoms with Crippen molar-refractivity contribution in [3.63, 3.8) is 0 Å². The lowest BCUT2D eigenvalue weighted by Gasteiger charge is -2.34. The fourth-order valence-electron chi connectivity index (χ4n) is 3.26. The molecule has 2 aromatic rings. The Morgan fingerprint density at radius 1 is 0.917 bits per heavy atom. The molecule has 0 radical (unpaired) electrons. The Balaban J connectivity index is 2.12. The smallest absolute Gasteiger partial charge is 0.254 e. The zero-order valence-electron chi connectivity index (χ0n) is 14.1. The predicted molar refractivity (Wildman–Crippen MR) is 94.9 cm³/mol. The van der Waals surface area contributed by atoms with Crippen molar-refractivity contribution < 1.29 is 9.59 Å². The van der Waals surface area contributed by atoms with Crippen molar-refractivity contribution in [2.45, 2.75) is 38.8 Å². The summed E-state index contributed by atoms with van der Waals surface area (Å²) >= 11 is 0. The van der Waals surface area contributed by atoms with E-state index in [4.69, 9.17) is 0 Å². The van der Waals surface area contributed by atoms with Crippen LogP contribution in [0.4, 0.5) is 5.69 Å². The number of carbonyl (C=O) groups excluding carboxylic acids is 2. The van der Waals surface area contributed by atoms with Crippen LogP contribution < -0.4 is 10.2 Å². The third-order valence-corrected chi connectivity index (χ3v) is 4.84. The van der Waals surface area contributed by atoms with Gasteiger partial charge in [-0.25, -0.2) is 0 Å². The number of hydrogen-bond acceptors (Lipinski definition) is 2. The van der Waals surface area contributed by atoms with Gasteiger partial charge in [-0.15, -0.1) is 0 Å². The van der Waals surface area contributed by atoms with Crippen molar-refractivity contribution in [3.8, 4) is 0 Å². The molecule has 0 unspecified atom stereocenters. The van der Waals surface area contributed by atoms with Gasteiger partial charge in [-0.3, -0.25) is 9.59 Å². The van der Waals surface area contributed by atoms with E-state index in [-0.39, 0.29) is 11.8 Å². The Bertz CT molecular complexity index is 751. The van der Waals surface area contributed by atoms with Gasteiger partial charge < -0.3 is 10.2 Å². The molecule has 3 rings (SSSR count). The maximum atomic E-state index is 13.4. The highest BCUT2D eigenvalue weighted by Gasteiger charge is 2.43. The van der Waals surface area contributed by atoms with Gasteiger partial charge >= 0.3 is 0 Å². The van der Waals surface area contributed by atoms with Crippen LogP contribution in [0.1, 0.15) is 42.6 Å². The molecule has 1 heterocycles. The topological polar surface area (TPSA) is 49.4 Å². The van der Waals surface area contributed by atoms with Crippen LogP contribution in [0.25, 0.3) is 0 Å². The quantitative estimate of drug-likeness (QED) is 0.936. The summed E-state index contributed by atoms with van der Waals surface area (Å²) in [6.07, 6.45) is 1.13. The molecule has 24 heavy (non-hydrogen) atoms. The first-order valence-electron chi connectivity index (χ1n) is 8.38. The van der Waals surface area contributed by atoms with E-state index in [2.05, 4.69) is 5.32 Å². The van der Waals surface area contributed by atoms with Crippen molar-refractivity contribution in [3.05, 3.63) is 65.7 Å². The highest BCUT2D eigenvalue weighted by atomic mass is 16.2. The number of benzene rings is 2. The van der Waals surface area contributed by atoms with E-state index in [9.17, 15) is 9.59 Å². The normalized spacial score (nSPS) is 16.3. The molecule has 2 aromatic carbocycles. The first kappa shape index (κ1) is 16.2. The highest BCUT2D eigenvalue weighted by Crippen LogP contribution is 2.31. The number of amides is 2. The number of fused-ring (bicyclic) bond motifs is 1. The van der Waals surface area contributed by atoms with Crippen LogP contribution in [0.3, 0.4) is 0 Å². The first-order chi connectivity index (χ1) is 11.6. The van der Waals surface area contributed by atoms with Crippen LogP contribution in [0.15, 0.2) is 54.6 Å². The highest BCUT2D eigenvalue weighted by molar-refractivity contribution is 6.12. The van der Waals surface area contributed by atoms with E-state index in [1.807, 2.05) is 62.4 Å². The molecular formula is C20H22N2O2. The predicted octanol–water partition coefficient (Wildman–Crippen LogP) is 3.52. The molecule has 124 valence electrons. The number of rotatable bonds is 4. The molecule has 0 aliphatic carbocycles. The van der Waals surface area contributed by atoms with Crippen LogP contribution >= 0.6 is 0 Å². The second kappa shape index (κ2) is 6.48. The van der Waals surface area contributed by atoms with Gasteiger partial charge in [0.05, 0.1) is 17.8 Å². The molecule has 1 aliphatic heterocycles. The van der Waals surface area contributed by atoms with Crippen molar-refractivity contribution in [1.29, 1.82) is 0 Å². The van der Waals surface area contributed by atoms with Gasteiger partial charge in [-0.1, -0.05) is 56.3 Å². The van der Waals surface area contributed by atoms with Crippen molar-refractivity contribution in [2.24, 2.45) is 0 Å². The van der Waals surface area contributed by atoms with E-state index in [1.54, 1.807) is 11.0 Å². The third kappa shape index (κ3) is 2.68. The Morgan fingerprint density at radius 2 is 1.54 bits per heavy atom. The van der Waals surface area contributed by atoms with Crippen molar-refractivity contribution in [1.82, 2.24) is 5.32 Å². The number of nitrogens with zero attached hydrogens (tertiary/aromatic N) is 1. The summed E-state index contributed by atoms with van der Waals surface area (Å²) in [5.74, 6) is -0.229. The summed E-state index contributed by atoms with van der Waals surface area (Å²) in [5, 5.41) is 2.98. The van der Waals surface area contributed by atoms with Crippen LogP contribution in [0.5, 0.6) is 0 Å². The lowest BCUT2D eigenvalue weighted by molar-refractivity contribution is -0.125.